The molecule has 0 radical (unpaired) electrons. The van der Waals surface area contributed by atoms with Crippen LogP contribution in [0.25, 0.3) is 0 Å². The van der Waals surface area contributed by atoms with Crippen molar-refractivity contribution in [3.8, 4) is 0 Å². The van der Waals surface area contributed by atoms with Crippen LogP contribution in [0.2, 0.25) is 0 Å². The average Bonchev–Trinajstić information content (AvgIpc) is 2.46. The van der Waals surface area contributed by atoms with E-state index in [1.807, 2.05) is 53.1 Å². The molecule has 1 heterocycles. The summed E-state index contributed by atoms with van der Waals surface area (Å²) in [6.45, 7) is 19.8. The fraction of sp³-hybridized carbons (Fsp3) is 1.00. The molecule has 1 fully saturated rings. The zero-order valence-electron chi connectivity index (χ0n) is 14.7. The van der Waals surface area contributed by atoms with Crippen LogP contribution in [0.5, 0.6) is 0 Å². The molecule has 1 unspecified atom stereocenters. The van der Waals surface area contributed by atoms with Crippen LogP contribution in [-0.2, 0) is 9.09 Å². The quantitative estimate of drug-likeness (QED) is 0.732. The van der Waals surface area contributed by atoms with Gasteiger partial charge in [0.1, 0.15) is 0 Å². The molecule has 0 amide bonds. The first kappa shape index (κ1) is 24.1. The second-order valence-electron chi connectivity index (χ2n) is 3.48. The Morgan fingerprint density at radius 1 is 0.947 bits per heavy atom. The van der Waals surface area contributed by atoms with Gasteiger partial charge in [-0.1, -0.05) is 41.5 Å². The zero-order valence-corrected chi connectivity index (χ0v) is 15.6. The van der Waals surface area contributed by atoms with Crippen molar-refractivity contribution in [1.82, 2.24) is 9.57 Å². The minimum atomic E-state index is -2.49. The van der Waals surface area contributed by atoms with Gasteiger partial charge < -0.3 is 9.42 Å². The fourth-order valence-corrected chi connectivity index (χ4v) is 3.03. The monoisotopic (exact) mass is 296 g/mol. The molecule has 0 bridgehead atoms. The third kappa shape index (κ3) is 11.6. The highest BCUT2D eigenvalue weighted by Crippen LogP contribution is 2.46. The summed E-state index contributed by atoms with van der Waals surface area (Å²) in [6, 6.07) is 0. The predicted octanol–water partition coefficient (Wildman–Crippen LogP) is 4.17. The van der Waals surface area contributed by atoms with Crippen molar-refractivity contribution in [3.63, 3.8) is 0 Å². The zero-order chi connectivity index (χ0) is 15.9. The Hall–Kier alpha value is 0.110. The van der Waals surface area contributed by atoms with Gasteiger partial charge in [-0.25, -0.2) is 4.67 Å². The molecular formula is C14H37N2O2P. The largest absolute Gasteiger partial charge is 0.318 e. The molecule has 0 aromatic carbocycles. The van der Waals surface area contributed by atoms with E-state index in [2.05, 4.69) is 11.9 Å². The number of piperazine rings is 1. The van der Waals surface area contributed by atoms with E-state index in [1.54, 1.807) is 6.66 Å². The minimum Gasteiger partial charge on any atom is -0.318 e. The Balaban J connectivity index is -0.000000375. The number of hydrogen-bond acceptors (Lipinski definition) is 3. The summed E-state index contributed by atoms with van der Waals surface area (Å²) in [5.41, 5.74) is 0. The third-order valence-corrected chi connectivity index (χ3v) is 4.53. The molecule has 120 valence electrons. The second-order valence-corrected chi connectivity index (χ2v) is 5.91. The van der Waals surface area contributed by atoms with Crippen molar-refractivity contribution in [2.75, 3.05) is 46.5 Å². The van der Waals surface area contributed by atoms with Gasteiger partial charge in [0.2, 0.25) is 0 Å². The van der Waals surface area contributed by atoms with Gasteiger partial charge in [-0.2, -0.15) is 0 Å². The molecule has 0 N–H and O–H groups in total. The van der Waals surface area contributed by atoms with Gasteiger partial charge in [0.25, 0.3) is 7.52 Å². The lowest BCUT2D eigenvalue weighted by molar-refractivity contribution is 0.194. The van der Waals surface area contributed by atoms with E-state index in [4.69, 9.17) is 4.52 Å². The lowest BCUT2D eigenvalue weighted by Crippen LogP contribution is -2.42. The topological polar surface area (TPSA) is 32.8 Å². The average molecular weight is 296 g/mol. The highest BCUT2D eigenvalue weighted by molar-refractivity contribution is 7.55. The summed E-state index contributed by atoms with van der Waals surface area (Å²) in [4.78, 5) is 2.24. The molecule has 19 heavy (non-hydrogen) atoms. The van der Waals surface area contributed by atoms with Crippen LogP contribution >= 0.6 is 7.52 Å². The van der Waals surface area contributed by atoms with Crippen LogP contribution in [0, 0.1) is 0 Å². The van der Waals surface area contributed by atoms with Gasteiger partial charge in [0, 0.05) is 32.8 Å². The number of likely N-dealkylation sites (N-methyl/N-ethyl adjacent to an activating group) is 1. The molecule has 1 atom stereocenters. The molecule has 4 nitrogen and oxygen atoms in total. The van der Waals surface area contributed by atoms with Gasteiger partial charge in [-0.3, -0.25) is 4.57 Å². The Morgan fingerprint density at radius 2 is 1.32 bits per heavy atom. The molecule has 0 saturated carbocycles. The second kappa shape index (κ2) is 16.2. The summed E-state index contributed by atoms with van der Waals surface area (Å²) in [5, 5.41) is 0. The fourth-order valence-electron chi connectivity index (χ4n) is 1.48. The van der Waals surface area contributed by atoms with Crippen molar-refractivity contribution in [2.45, 2.75) is 48.5 Å². The van der Waals surface area contributed by atoms with Crippen molar-refractivity contribution < 1.29 is 9.09 Å². The van der Waals surface area contributed by atoms with Gasteiger partial charge >= 0.3 is 0 Å². The first-order valence-corrected chi connectivity index (χ1v) is 9.74. The molecule has 1 saturated heterocycles. The maximum Gasteiger partial charge on any atom is 0.269 e. The lowest BCUT2D eigenvalue weighted by Gasteiger charge is -2.35. The van der Waals surface area contributed by atoms with E-state index in [-0.39, 0.29) is 0 Å². The van der Waals surface area contributed by atoms with E-state index < -0.39 is 7.52 Å². The van der Waals surface area contributed by atoms with Gasteiger partial charge in [0.05, 0.1) is 6.61 Å². The Bertz CT molecular complexity index is 206. The predicted molar refractivity (Wildman–Crippen MR) is 88.3 cm³/mol. The molecule has 1 rings (SSSR count). The van der Waals surface area contributed by atoms with E-state index in [0.29, 0.717) is 6.61 Å². The smallest absolute Gasteiger partial charge is 0.269 e. The highest BCUT2D eigenvalue weighted by atomic mass is 31.2. The van der Waals surface area contributed by atoms with Crippen molar-refractivity contribution in [1.29, 1.82) is 0 Å². The van der Waals surface area contributed by atoms with Crippen LogP contribution in [0.15, 0.2) is 0 Å². The lowest BCUT2D eigenvalue weighted by atomic mass is 10.4. The summed E-state index contributed by atoms with van der Waals surface area (Å²) >= 11 is 0. The van der Waals surface area contributed by atoms with Crippen LogP contribution in [0.4, 0.5) is 0 Å². The maximum absolute atomic E-state index is 12.0. The molecule has 0 spiro atoms. The molecule has 0 aromatic heterocycles. The number of hydrogen-bond donors (Lipinski definition) is 0. The van der Waals surface area contributed by atoms with Crippen molar-refractivity contribution in [2.24, 2.45) is 0 Å². The molecule has 0 aromatic rings. The van der Waals surface area contributed by atoms with E-state index in [1.165, 1.54) is 0 Å². The Morgan fingerprint density at radius 3 is 1.63 bits per heavy atom. The molecule has 1 aliphatic rings. The molecule has 5 heteroatoms. The summed E-state index contributed by atoms with van der Waals surface area (Å²) in [6.07, 6.45) is 0. The molecular weight excluding hydrogens is 259 g/mol. The van der Waals surface area contributed by atoms with Crippen LogP contribution in [-0.4, -0.2) is 56.1 Å². The van der Waals surface area contributed by atoms with Crippen LogP contribution in [0.1, 0.15) is 48.5 Å². The third-order valence-electron chi connectivity index (χ3n) is 2.36. The highest BCUT2D eigenvalue weighted by Gasteiger charge is 2.28. The van der Waals surface area contributed by atoms with Crippen molar-refractivity contribution in [3.05, 3.63) is 0 Å². The Kier molecular flexibility index (Phi) is 20.5. The first-order valence-electron chi connectivity index (χ1n) is 7.72. The van der Waals surface area contributed by atoms with Crippen molar-refractivity contribution >= 4 is 7.52 Å². The van der Waals surface area contributed by atoms with Gasteiger partial charge in [-0.15, -0.1) is 0 Å². The Labute approximate surface area is 122 Å². The van der Waals surface area contributed by atoms with Crippen LogP contribution < -0.4 is 0 Å². The first-order chi connectivity index (χ1) is 9.06. The minimum absolute atomic E-state index is 0.528. The van der Waals surface area contributed by atoms with Gasteiger partial charge in [0.15, 0.2) is 0 Å². The number of rotatable bonds is 3. The SMILES string of the molecule is CC.CC.CC.CCOP(C)(=O)N1CCN(C)CC1. The summed E-state index contributed by atoms with van der Waals surface area (Å²) < 4.78 is 19.2. The van der Waals surface area contributed by atoms with E-state index >= 15 is 0 Å². The maximum atomic E-state index is 12.0. The molecule has 1 aliphatic heterocycles. The van der Waals surface area contributed by atoms with Crippen LogP contribution in [0.3, 0.4) is 0 Å². The normalized spacial score (nSPS) is 18.6. The number of nitrogens with zero attached hydrogens (tertiary/aromatic N) is 2. The standard InChI is InChI=1S/C8H19N2O2P.3C2H6/c1-4-12-13(3,11)10-7-5-9(2)6-8-10;3*1-2/h4-8H2,1-3H3;3*1-2H3. The molecule has 0 aliphatic carbocycles. The van der Waals surface area contributed by atoms with E-state index in [0.717, 1.165) is 26.2 Å². The summed E-state index contributed by atoms with van der Waals surface area (Å²) in [5.74, 6) is 0. The van der Waals surface area contributed by atoms with Gasteiger partial charge in [-0.05, 0) is 14.0 Å². The van der Waals surface area contributed by atoms with E-state index in [9.17, 15) is 4.57 Å². The summed E-state index contributed by atoms with van der Waals surface area (Å²) in [7, 11) is -0.406.